The molecule has 1 aliphatic carbocycles. The van der Waals surface area contributed by atoms with Crippen molar-refractivity contribution in [2.75, 3.05) is 0 Å². The molecule has 4 heteroatoms. The van der Waals surface area contributed by atoms with E-state index in [1.54, 1.807) is 6.92 Å². The van der Waals surface area contributed by atoms with E-state index in [1.165, 1.54) is 12.1 Å². The molecule has 1 saturated carbocycles. The second-order valence-electron chi connectivity index (χ2n) is 4.04. The Bertz CT molecular complexity index is 432. The maximum Gasteiger partial charge on any atom is 0.314 e. The van der Waals surface area contributed by atoms with Gasteiger partial charge in [-0.05, 0) is 37.5 Å². The molecule has 3 N–H and O–H groups in total. The highest BCUT2D eigenvalue weighted by Gasteiger charge is 2.53. The van der Waals surface area contributed by atoms with E-state index >= 15 is 0 Å². The summed E-state index contributed by atoms with van der Waals surface area (Å²) in [5.74, 6) is -0.971. The van der Waals surface area contributed by atoms with E-state index in [-0.39, 0.29) is 11.5 Å². The van der Waals surface area contributed by atoms with Crippen LogP contribution >= 0.6 is 0 Å². The maximum absolute atomic E-state index is 11.0. The van der Waals surface area contributed by atoms with Gasteiger partial charge >= 0.3 is 5.97 Å². The number of phenols is 2. The highest BCUT2D eigenvalue weighted by Crippen LogP contribution is 2.52. The molecule has 2 rings (SSSR count). The Hall–Kier alpha value is -1.71. The number of hydrogen-bond donors (Lipinski definition) is 3. The number of aryl methyl sites for hydroxylation is 1. The minimum absolute atomic E-state index is 0.0234. The number of benzene rings is 1. The predicted molar refractivity (Wildman–Crippen MR) is 53.1 cm³/mol. The molecule has 0 radical (unpaired) electrons. The lowest BCUT2D eigenvalue weighted by molar-refractivity contribution is -0.140. The van der Waals surface area contributed by atoms with Crippen molar-refractivity contribution < 1.29 is 20.1 Å². The molecule has 15 heavy (non-hydrogen) atoms. The molecule has 0 spiro atoms. The van der Waals surface area contributed by atoms with Crippen molar-refractivity contribution in [1.29, 1.82) is 0 Å². The molecule has 1 aliphatic rings. The fourth-order valence-electron chi connectivity index (χ4n) is 1.79. The lowest BCUT2D eigenvalue weighted by Gasteiger charge is -2.13. The first kappa shape index (κ1) is 9.83. The molecule has 0 heterocycles. The van der Waals surface area contributed by atoms with Gasteiger partial charge in [-0.2, -0.15) is 0 Å². The monoisotopic (exact) mass is 208 g/mol. The second kappa shape index (κ2) is 2.89. The molecule has 1 aromatic carbocycles. The zero-order valence-corrected chi connectivity index (χ0v) is 8.32. The van der Waals surface area contributed by atoms with E-state index in [2.05, 4.69) is 0 Å². The largest absolute Gasteiger partial charge is 0.508 e. The third kappa shape index (κ3) is 1.33. The molecule has 0 aliphatic heterocycles. The number of phenolic OH excluding ortho intramolecular Hbond substituents is 2. The number of carbonyl (C=O) groups is 1. The molecular formula is C11H12O4. The van der Waals surface area contributed by atoms with E-state index in [0.29, 0.717) is 24.0 Å². The molecule has 0 atom stereocenters. The lowest BCUT2D eigenvalue weighted by Crippen LogP contribution is -2.19. The van der Waals surface area contributed by atoms with Crippen LogP contribution in [0.25, 0.3) is 0 Å². The van der Waals surface area contributed by atoms with E-state index in [1.807, 2.05) is 0 Å². The van der Waals surface area contributed by atoms with Gasteiger partial charge in [-0.1, -0.05) is 0 Å². The summed E-state index contributed by atoms with van der Waals surface area (Å²) < 4.78 is 0. The third-order valence-corrected chi connectivity index (χ3v) is 2.99. The van der Waals surface area contributed by atoms with Gasteiger partial charge in [0.15, 0.2) is 0 Å². The van der Waals surface area contributed by atoms with Crippen LogP contribution in [0.5, 0.6) is 11.5 Å². The van der Waals surface area contributed by atoms with Crippen LogP contribution in [0.15, 0.2) is 12.1 Å². The van der Waals surface area contributed by atoms with Gasteiger partial charge in [0.2, 0.25) is 0 Å². The number of carboxylic acid groups (broad SMARTS) is 1. The van der Waals surface area contributed by atoms with Gasteiger partial charge in [0, 0.05) is 5.56 Å². The Morgan fingerprint density at radius 2 is 1.87 bits per heavy atom. The first-order valence-corrected chi connectivity index (χ1v) is 4.74. The molecule has 0 saturated heterocycles. The molecule has 0 aromatic heterocycles. The van der Waals surface area contributed by atoms with Crippen LogP contribution < -0.4 is 0 Å². The smallest absolute Gasteiger partial charge is 0.314 e. The van der Waals surface area contributed by atoms with Crippen LogP contribution in [0, 0.1) is 6.92 Å². The average molecular weight is 208 g/mol. The minimum Gasteiger partial charge on any atom is -0.508 e. The number of aromatic hydroxyl groups is 2. The molecule has 0 amide bonds. The Labute approximate surface area is 86.8 Å². The van der Waals surface area contributed by atoms with Crippen molar-refractivity contribution in [2.45, 2.75) is 25.2 Å². The summed E-state index contributed by atoms with van der Waals surface area (Å²) in [6.45, 7) is 1.65. The fourth-order valence-corrected chi connectivity index (χ4v) is 1.79. The summed E-state index contributed by atoms with van der Waals surface area (Å²) in [5.41, 5.74) is -0.120. The fraction of sp³-hybridized carbons (Fsp3) is 0.364. The third-order valence-electron chi connectivity index (χ3n) is 2.99. The van der Waals surface area contributed by atoms with Crippen LogP contribution in [-0.4, -0.2) is 21.3 Å². The van der Waals surface area contributed by atoms with E-state index in [9.17, 15) is 15.0 Å². The summed E-state index contributed by atoms with van der Waals surface area (Å²) in [4.78, 5) is 11.0. The highest BCUT2D eigenvalue weighted by molar-refractivity contribution is 5.86. The SMILES string of the molecule is Cc1cc(O)c(C2(C(=O)O)CC2)cc1O. The standard InChI is InChI=1S/C11H12O4/c1-6-4-9(13)7(5-8(6)12)11(2-3-11)10(14)15/h4-5,12-13H,2-3H2,1H3,(H,14,15). The topological polar surface area (TPSA) is 77.8 Å². The number of hydrogen-bond acceptors (Lipinski definition) is 3. The highest BCUT2D eigenvalue weighted by atomic mass is 16.4. The quantitative estimate of drug-likeness (QED) is 0.644. The van der Waals surface area contributed by atoms with Gasteiger partial charge < -0.3 is 15.3 Å². The Morgan fingerprint density at radius 1 is 1.27 bits per heavy atom. The Morgan fingerprint density at radius 3 is 2.33 bits per heavy atom. The molecule has 1 fully saturated rings. The summed E-state index contributed by atoms with van der Waals surface area (Å²) in [7, 11) is 0. The van der Waals surface area contributed by atoms with Crippen molar-refractivity contribution in [1.82, 2.24) is 0 Å². The van der Waals surface area contributed by atoms with Gasteiger partial charge in [-0.25, -0.2) is 0 Å². The summed E-state index contributed by atoms with van der Waals surface area (Å²) in [6, 6.07) is 2.75. The van der Waals surface area contributed by atoms with Gasteiger partial charge in [0.05, 0.1) is 5.41 Å². The van der Waals surface area contributed by atoms with Crippen LogP contribution in [0.4, 0.5) is 0 Å². The van der Waals surface area contributed by atoms with Crippen LogP contribution in [0.2, 0.25) is 0 Å². The number of carboxylic acids is 1. The Balaban J connectivity index is 2.54. The summed E-state index contributed by atoms with van der Waals surface area (Å²) in [5, 5.41) is 28.2. The van der Waals surface area contributed by atoms with Crippen molar-refractivity contribution in [3.05, 3.63) is 23.3 Å². The molecular weight excluding hydrogens is 196 g/mol. The van der Waals surface area contributed by atoms with Crippen molar-refractivity contribution in [3.8, 4) is 11.5 Å². The first-order valence-electron chi connectivity index (χ1n) is 4.74. The lowest BCUT2D eigenvalue weighted by atomic mass is 9.94. The summed E-state index contributed by atoms with van der Waals surface area (Å²) >= 11 is 0. The number of rotatable bonds is 2. The zero-order valence-electron chi connectivity index (χ0n) is 8.32. The van der Waals surface area contributed by atoms with E-state index in [0.717, 1.165) is 0 Å². The van der Waals surface area contributed by atoms with Crippen molar-refractivity contribution in [2.24, 2.45) is 0 Å². The van der Waals surface area contributed by atoms with E-state index < -0.39 is 11.4 Å². The van der Waals surface area contributed by atoms with Gasteiger partial charge in [0.25, 0.3) is 0 Å². The maximum atomic E-state index is 11.0. The second-order valence-corrected chi connectivity index (χ2v) is 4.04. The van der Waals surface area contributed by atoms with Crippen LogP contribution in [0.3, 0.4) is 0 Å². The molecule has 4 nitrogen and oxygen atoms in total. The van der Waals surface area contributed by atoms with Gasteiger partial charge in [-0.15, -0.1) is 0 Å². The minimum atomic E-state index is -0.977. The molecule has 1 aromatic rings. The van der Waals surface area contributed by atoms with Crippen molar-refractivity contribution >= 4 is 5.97 Å². The van der Waals surface area contributed by atoms with Crippen LogP contribution in [-0.2, 0) is 10.2 Å². The van der Waals surface area contributed by atoms with Crippen LogP contribution in [0.1, 0.15) is 24.0 Å². The van der Waals surface area contributed by atoms with Crippen molar-refractivity contribution in [3.63, 3.8) is 0 Å². The zero-order chi connectivity index (χ0) is 11.2. The normalized spacial score (nSPS) is 17.4. The number of aliphatic carboxylic acids is 1. The Kier molecular flexibility index (Phi) is 1.89. The van der Waals surface area contributed by atoms with Gasteiger partial charge in [-0.3, -0.25) is 4.79 Å². The van der Waals surface area contributed by atoms with Gasteiger partial charge in [0.1, 0.15) is 11.5 Å². The first-order chi connectivity index (χ1) is 6.97. The van der Waals surface area contributed by atoms with E-state index in [4.69, 9.17) is 5.11 Å². The average Bonchev–Trinajstić information content (AvgIpc) is 2.92. The molecule has 0 bridgehead atoms. The molecule has 80 valence electrons. The molecule has 0 unspecified atom stereocenters. The predicted octanol–water partition coefficient (Wildman–Crippen LogP) is 1.52. The summed E-state index contributed by atoms with van der Waals surface area (Å²) in [6.07, 6.45) is 1.02.